The lowest BCUT2D eigenvalue weighted by atomic mass is 10.0. The number of hydrogen-bond acceptors (Lipinski definition) is 7. The van der Waals surface area contributed by atoms with E-state index in [-0.39, 0.29) is 5.91 Å². The van der Waals surface area contributed by atoms with Gasteiger partial charge in [-0.1, -0.05) is 36.4 Å². The van der Waals surface area contributed by atoms with Crippen molar-refractivity contribution < 1.29 is 19.0 Å². The zero-order valence-corrected chi connectivity index (χ0v) is 19.6. The highest BCUT2D eigenvalue weighted by Gasteiger charge is 2.26. The third-order valence-corrected chi connectivity index (χ3v) is 6.19. The molecular formula is C25H32N4O4. The molecule has 1 saturated heterocycles. The van der Waals surface area contributed by atoms with E-state index in [1.54, 1.807) is 26.3 Å². The van der Waals surface area contributed by atoms with Crippen LogP contribution >= 0.6 is 0 Å². The van der Waals surface area contributed by atoms with Crippen LogP contribution in [-0.2, 0) is 11.3 Å². The zero-order valence-electron chi connectivity index (χ0n) is 19.6. The SMILES string of the molecule is COc1ccc(CN2CCN(CN3N=C(c4ccccc4)CCC3=O)CC2)c(OC)c1OC. The maximum Gasteiger partial charge on any atom is 0.244 e. The molecule has 2 aliphatic rings. The normalized spacial score (nSPS) is 17.6. The first-order chi connectivity index (χ1) is 16.1. The fraction of sp³-hybridized carbons (Fsp3) is 0.440. The molecule has 0 spiro atoms. The van der Waals surface area contributed by atoms with Gasteiger partial charge >= 0.3 is 0 Å². The molecule has 0 saturated carbocycles. The number of carbonyl (C=O) groups is 1. The van der Waals surface area contributed by atoms with E-state index >= 15 is 0 Å². The Bertz CT molecular complexity index is 987. The summed E-state index contributed by atoms with van der Waals surface area (Å²) in [5.74, 6) is 2.07. The summed E-state index contributed by atoms with van der Waals surface area (Å²) in [7, 11) is 4.89. The van der Waals surface area contributed by atoms with Crippen LogP contribution in [-0.4, -0.2) is 80.6 Å². The fourth-order valence-electron chi connectivity index (χ4n) is 4.36. The summed E-state index contributed by atoms with van der Waals surface area (Å²) in [6, 6.07) is 14.0. The largest absolute Gasteiger partial charge is 0.493 e. The second-order valence-electron chi connectivity index (χ2n) is 8.24. The van der Waals surface area contributed by atoms with Crippen LogP contribution in [0.25, 0.3) is 0 Å². The summed E-state index contributed by atoms with van der Waals surface area (Å²) in [4.78, 5) is 17.2. The Morgan fingerprint density at radius 2 is 1.52 bits per heavy atom. The molecule has 2 aromatic carbocycles. The van der Waals surface area contributed by atoms with Gasteiger partial charge in [0.15, 0.2) is 11.5 Å². The number of rotatable bonds is 8. The fourth-order valence-corrected chi connectivity index (χ4v) is 4.36. The van der Waals surface area contributed by atoms with E-state index in [4.69, 9.17) is 14.2 Å². The van der Waals surface area contributed by atoms with Gasteiger partial charge in [-0.2, -0.15) is 5.10 Å². The summed E-state index contributed by atoms with van der Waals surface area (Å²) in [6.45, 7) is 4.83. The Labute approximate surface area is 195 Å². The minimum absolute atomic E-state index is 0.0900. The molecule has 1 amide bonds. The average Bonchev–Trinajstić information content (AvgIpc) is 2.86. The molecule has 0 atom stereocenters. The van der Waals surface area contributed by atoms with Crippen molar-refractivity contribution in [1.82, 2.24) is 14.8 Å². The standard InChI is InChI=1S/C25H32N4O4/c1-31-22-11-9-20(24(32-2)25(22)33-3)17-27-13-15-28(16-14-27)18-29-23(30)12-10-21(26-29)19-7-5-4-6-8-19/h4-9,11H,10,12-18H2,1-3H3. The van der Waals surface area contributed by atoms with Gasteiger partial charge in [0.1, 0.15) is 0 Å². The van der Waals surface area contributed by atoms with Gasteiger partial charge in [0, 0.05) is 51.1 Å². The Hall–Kier alpha value is -3.10. The van der Waals surface area contributed by atoms with E-state index in [1.807, 2.05) is 42.5 Å². The molecule has 2 heterocycles. The number of hydrazone groups is 1. The monoisotopic (exact) mass is 452 g/mol. The second-order valence-corrected chi connectivity index (χ2v) is 8.24. The van der Waals surface area contributed by atoms with Crippen molar-refractivity contribution in [1.29, 1.82) is 0 Å². The highest BCUT2D eigenvalue weighted by molar-refractivity contribution is 6.04. The van der Waals surface area contributed by atoms with Gasteiger partial charge < -0.3 is 14.2 Å². The van der Waals surface area contributed by atoms with Crippen molar-refractivity contribution >= 4 is 11.6 Å². The van der Waals surface area contributed by atoms with Crippen LogP contribution in [0.1, 0.15) is 24.0 Å². The number of methoxy groups -OCH3 is 3. The lowest BCUT2D eigenvalue weighted by Crippen LogP contribution is -2.50. The summed E-state index contributed by atoms with van der Waals surface area (Å²) in [5, 5.41) is 6.31. The quantitative estimate of drug-likeness (QED) is 0.614. The van der Waals surface area contributed by atoms with Crippen LogP contribution in [0.2, 0.25) is 0 Å². The molecular weight excluding hydrogens is 420 g/mol. The predicted molar refractivity (Wildman–Crippen MR) is 127 cm³/mol. The van der Waals surface area contributed by atoms with Crippen LogP contribution in [0.5, 0.6) is 17.2 Å². The smallest absolute Gasteiger partial charge is 0.244 e. The maximum absolute atomic E-state index is 12.5. The number of ether oxygens (including phenoxy) is 3. The minimum atomic E-state index is 0.0900. The topological polar surface area (TPSA) is 66.8 Å². The van der Waals surface area contributed by atoms with E-state index in [2.05, 4.69) is 14.9 Å². The number of hydrogen-bond donors (Lipinski definition) is 0. The lowest BCUT2D eigenvalue weighted by molar-refractivity contribution is -0.134. The van der Waals surface area contributed by atoms with E-state index in [9.17, 15) is 4.79 Å². The first-order valence-electron chi connectivity index (χ1n) is 11.3. The number of benzene rings is 2. The van der Waals surface area contributed by atoms with Crippen molar-refractivity contribution in [3.63, 3.8) is 0 Å². The molecule has 0 unspecified atom stereocenters. The molecule has 2 aliphatic heterocycles. The van der Waals surface area contributed by atoms with Gasteiger partial charge in [0.05, 0.1) is 33.7 Å². The van der Waals surface area contributed by atoms with Gasteiger partial charge in [-0.3, -0.25) is 14.6 Å². The molecule has 1 fully saturated rings. The first kappa shape index (κ1) is 23.1. The average molecular weight is 453 g/mol. The number of amides is 1. The Morgan fingerprint density at radius 1 is 0.818 bits per heavy atom. The summed E-state index contributed by atoms with van der Waals surface area (Å²) in [5.41, 5.74) is 3.13. The van der Waals surface area contributed by atoms with E-state index < -0.39 is 0 Å². The number of piperazine rings is 1. The van der Waals surface area contributed by atoms with Crippen molar-refractivity contribution in [3.05, 3.63) is 53.6 Å². The molecule has 0 bridgehead atoms. The summed E-state index contributed by atoms with van der Waals surface area (Å²) in [6.07, 6.45) is 1.20. The minimum Gasteiger partial charge on any atom is -0.493 e. The first-order valence-corrected chi connectivity index (χ1v) is 11.3. The van der Waals surface area contributed by atoms with Gasteiger partial charge in [-0.15, -0.1) is 0 Å². The molecule has 176 valence electrons. The third kappa shape index (κ3) is 5.29. The van der Waals surface area contributed by atoms with E-state index in [0.29, 0.717) is 36.8 Å². The number of nitrogens with zero attached hydrogens (tertiary/aromatic N) is 4. The Morgan fingerprint density at radius 3 is 2.18 bits per heavy atom. The highest BCUT2D eigenvalue weighted by Crippen LogP contribution is 2.40. The van der Waals surface area contributed by atoms with Gasteiger partial charge in [0.25, 0.3) is 0 Å². The van der Waals surface area contributed by atoms with Gasteiger partial charge in [-0.25, -0.2) is 5.01 Å². The Balaban J connectivity index is 1.36. The molecule has 0 aliphatic carbocycles. The van der Waals surface area contributed by atoms with Crippen LogP contribution in [0, 0.1) is 0 Å². The van der Waals surface area contributed by atoms with E-state index in [1.165, 1.54) is 0 Å². The molecule has 0 aromatic heterocycles. The van der Waals surface area contributed by atoms with E-state index in [0.717, 1.165) is 49.6 Å². The van der Waals surface area contributed by atoms with Crippen LogP contribution in [0.4, 0.5) is 0 Å². The zero-order chi connectivity index (χ0) is 23.2. The highest BCUT2D eigenvalue weighted by atomic mass is 16.5. The van der Waals surface area contributed by atoms with Crippen molar-refractivity contribution in [2.24, 2.45) is 5.10 Å². The third-order valence-electron chi connectivity index (χ3n) is 6.19. The molecule has 33 heavy (non-hydrogen) atoms. The van der Waals surface area contributed by atoms with Crippen LogP contribution in [0.3, 0.4) is 0 Å². The van der Waals surface area contributed by atoms with Crippen LogP contribution < -0.4 is 14.2 Å². The molecule has 8 heteroatoms. The van der Waals surface area contributed by atoms with Gasteiger partial charge in [-0.05, 0) is 11.6 Å². The molecule has 2 aromatic rings. The van der Waals surface area contributed by atoms with Crippen molar-refractivity contribution in [2.75, 3.05) is 54.2 Å². The summed E-state index contributed by atoms with van der Waals surface area (Å²) < 4.78 is 16.5. The maximum atomic E-state index is 12.5. The molecule has 4 rings (SSSR count). The molecule has 0 radical (unpaired) electrons. The van der Waals surface area contributed by atoms with Crippen LogP contribution in [0.15, 0.2) is 47.6 Å². The van der Waals surface area contributed by atoms with Gasteiger partial charge in [0.2, 0.25) is 11.7 Å². The Kier molecular flexibility index (Phi) is 7.47. The summed E-state index contributed by atoms with van der Waals surface area (Å²) >= 11 is 0. The van der Waals surface area contributed by atoms with Crippen molar-refractivity contribution in [2.45, 2.75) is 19.4 Å². The van der Waals surface area contributed by atoms with Crippen molar-refractivity contribution in [3.8, 4) is 17.2 Å². The lowest BCUT2D eigenvalue weighted by Gasteiger charge is -2.37. The second kappa shape index (κ2) is 10.7. The molecule has 8 nitrogen and oxygen atoms in total. The number of carbonyl (C=O) groups excluding carboxylic acids is 1. The molecule has 0 N–H and O–H groups in total. The predicted octanol–water partition coefficient (Wildman–Crippen LogP) is 2.81.